The summed E-state index contributed by atoms with van der Waals surface area (Å²) in [5.74, 6) is 0.821. The van der Waals surface area contributed by atoms with Crippen molar-refractivity contribution in [1.82, 2.24) is 0 Å². The maximum Gasteiger partial charge on any atom is 0.311 e. The van der Waals surface area contributed by atoms with Crippen LogP contribution in [0.5, 0.6) is 17.2 Å². The van der Waals surface area contributed by atoms with E-state index in [1.807, 2.05) is 31.2 Å². The van der Waals surface area contributed by atoms with Crippen LogP contribution in [0.4, 0.5) is 5.69 Å². The van der Waals surface area contributed by atoms with E-state index in [9.17, 15) is 13.2 Å². The number of rotatable bonds is 11. The molecule has 8 heteroatoms. The number of nitrogens with one attached hydrogen (secondary N) is 1. The van der Waals surface area contributed by atoms with Crippen LogP contribution in [-0.2, 0) is 14.9 Å². The van der Waals surface area contributed by atoms with E-state index >= 15 is 0 Å². The number of anilines is 1. The summed E-state index contributed by atoms with van der Waals surface area (Å²) in [7, 11) is -2.01. The molecule has 0 saturated heterocycles. The first-order valence-electron chi connectivity index (χ1n) is 9.60. The molecule has 0 radical (unpaired) electrons. The third kappa shape index (κ3) is 7.79. The Kier molecular flexibility index (Phi) is 8.73. The first-order chi connectivity index (χ1) is 14.3. The minimum absolute atomic E-state index is 0.263. The van der Waals surface area contributed by atoms with Crippen LogP contribution in [0.3, 0.4) is 0 Å². The van der Waals surface area contributed by atoms with Crippen LogP contribution in [0.2, 0.25) is 0 Å². The molecule has 2 rings (SSSR count). The average Bonchev–Trinajstić information content (AvgIpc) is 2.70. The van der Waals surface area contributed by atoms with Crippen LogP contribution in [0, 0.1) is 0 Å². The molecule has 0 amide bonds. The van der Waals surface area contributed by atoms with Crippen molar-refractivity contribution >= 4 is 27.9 Å². The van der Waals surface area contributed by atoms with Crippen molar-refractivity contribution in [2.45, 2.75) is 26.2 Å². The van der Waals surface area contributed by atoms with E-state index in [4.69, 9.17) is 13.7 Å². The number of esters is 1. The third-order valence-corrected chi connectivity index (χ3v) is 4.49. The zero-order valence-corrected chi connectivity index (χ0v) is 18.2. The number of unbranched alkanes of at least 4 members (excludes halogenated alkanes) is 1. The normalized spacial score (nSPS) is 11.3. The summed E-state index contributed by atoms with van der Waals surface area (Å²) in [4.78, 5) is 12.1. The minimum Gasteiger partial charge on any atom is -0.493 e. The molecule has 0 heterocycles. The summed E-state index contributed by atoms with van der Waals surface area (Å²) >= 11 is 0. The topological polar surface area (TPSA) is 90.9 Å². The Morgan fingerprint density at radius 3 is 2.50 bits per heavy atom. The number of carbonyl (C=O) groups excluding carboxylic acids is 1. The molecule has 0 fully saturated rings. The van der Waals surface area contributed by atoms with E-state index in [0.717, 1.165) is 24.7 Å². The van der Waals surface area contributed by atoms with Crippen LogP contribution < -0.4 is 19.0 Å². The van der Waals surface area contributed by atoms with Crippen LogP contribution in [0.15, 0.2) is 48.5 Å². The molecule has 0 atom stereocenters. The lowest BCUT2D eigenvalue weighted by Gasteiger charge is -2.14. The van der Waals surface area contributed by atoms with Crippen molar-refractivity contribution < 1.29 is 26.9 Å². The second kappa shape index (κ2) is 11.3. The van der Waals surface area contributed by atoms with E-state index < -0.39 is 10.1 Å². The fourth-order valence-electron chi connectivity index (χ4n) is 2.58. The van der Waals surface area contributed by atoms with Gasteiger partial charge in [-0.25, -0.2) is 0 Å². The highest BCUT2D eigenvalue weighted by Crippen LogP contribution is 2.35. The first-order valence-corrected chi connectivity index (χ1v) is 11.4. The first kappa shape index (κ1) is 23.3. The van der Waals surface area contributed by atoms with Gasteiger partial charge in [-0.15, -0.1) is 0 Å². The minimum atomic E-state index is -3.54. The van der Waals surface area contributed by atoms with Gasteiger partial charge >= 0.3 is 16.1 Å². The Balaban J connectivity index is 2.00. The van der Waals surface area contributed by atoms with Crippen LogP contribution in [-0.4, -0.2) is 34.3 Å². The van der Waals surface area contributed by atoms with E-state index in [0.29, 0.717) is 30.2 Å². The van der Waals surface area contributed by atoms with Crippen molar-refractivity contribution in [3.05, 3.63) is 54.1 Å². The van der Waals surface area contributed by atoms with E-state index in [1.165, 1.54) is 7.11 Å². The molecule has 0 aromatic heterocycles. The maximum absolute atomic E-state index is 12.1. The molecular weight excluding hydrogens is 406 g/mol. The molecule has 0 aliphatic rings. The van der Waals surface area contributed by atoms with Crippen LogP contribution in [0.25, 0.3) is 6.08 Å². The second-order valence-electron chi connectivity index (χ2n) is 6.55. The molecule has 162 valence electrons. The zero-order chi connectivity index (χ0) is 22.0. The van der Waals surface area contributed by atoms with Gasteiger partial charge in [-0.05, 0) is 36.2 Å². The summed E-state index contributed by atoms with van der Waals surface area (Å²) in [6.45, 7) is 2.50. The number of hydrogen-bond donors (Lipinski definition) is 1. The average molecular weight is 434 g/mol. The molecular formula is C22H27NO6S. The Morgan fingerprint density at radius 1 is 1.13 bits per heavy atom. The number of carbonyl (C=O) groups is 1. The molecule has 1 N–H and O–H groups in total. The smallest absolute Gasteiger partial charge is 0.311 e. The number of hydrogen-bond acceptors (Lipinski definition) is 7. The lowest BCUT2D eigenvalue weighted by Crippen LogP contribution is -2.11. The van der Waals surface area contributed by atoms with Gasteiger partial charge in [0.2, 0.25) is 0 Å². The van der Waals surface area contributed by atoms with Crippen LogP contribution in [0.1, 0.15) is 31.7 Å². The molecule has 2 aromatic carbocycles. The molecule has 2 aromatic rings. The molecule has 30 heavy (non-hydrogen) atoms. The summed E-state index contributed by atoms with van der Waals surface area (Å²) < 4.78 is 37.9. The summed E-state index contributed by atoms with van der Waals surface area (Å²) in [5, 5.41) is 3.21. The molecule has 0 aliphatic carbocycles. The Labute approximate surface area is 177 Å². The van der Waals surface area contributed by atoms with E-state index in [1.54, 1.807) is 30.3 Å². The summed E-state index contributed by atoms with van der Waals surface area (Å²) in [5.41, 5.74) is 1.54. The van der Waals surface area contributed by atoms with Crippen LogP contribution >= 0.6 is 0 Å². The van der Waals surface area contributed by atoms with Gasteiger partial charge in [0.15, 0.2) is 11.5 Å². The lowest BCUT2D eigenvalue weighted by atomic mass is 10.2. The second-order valence-corrected chi connectivity index (χ2v) is 8.13. The summed E-state index contributed by atoms with van der Waals surface area (Å²) in [6.07, 6.45) is 6.82. The van der Waals surface area contributed by atoms with Crippen molar-refractivity contribution in [3.8, 4) is 17.2 Å². The fourth-order valence-corrected chi connectivity index (χ4v) is 3.04. The van der Waals surface area contributed by atoms with Gasteiger partial charge in [0.05, 0.1) is 19.1 Å². The third-order valence-electron chi connectivity index (χ3n) is 4.00. The standard InChI is InChI=1S/C22H27NO6S/c1-4-5-11-21(24)28-22-19(9-6-10-20(22)27-2)23-16-7-8-17-12-14-18(15-13-17)29-30(3,25)26/h6-10,12-15,23H,4-5,11,16H2,1-3H3/b8-7+. The molecule has 0 bridgehead atoms. The predicted octanol–water partition coefficient (Wildman–Crippen LogP) is 4.25. The zero-order valence-electron chi connectivity index (χ0n) is 17.4. The van der Waals surface area contributed by atoms with Crippen molar-refractivity contribution in [2.75, 3.05) is 25.2 Å². The molecule has 0 unspecified atom stereocenters. The fraction of sp³-hybridized carbons (Fsp3) is 0.318. The highest BCUT2D eigenvalue weighted by molar-refractivity contribution is 7.86. The van der Waals surface area contributed by atoms with Gasteiger partial charge < -0.3 is 19.0 Å². The maximum atomic E-state index is 12.1. The largest absolute Gasteiger partial charge is 0.493 e. The number of ether oxygens (including phenoxy) is 2. The van der Waals surface area contributed by atoms with Gasteiger partial charge in [-0.3, -0.25) is 4.79 Å². The SMILES string of the molecule is CCCCC(=O)Oc1c(NC/C=C/c2ccc(OS(C)(=O)=O)cc2)cccc1OC. The number of methoxy groups -OCH3 is 1. The molecule has 0 spiro atoms. The Hall–Kier alpha value is -3.00. The monoisotopic (exact) mass is 433 g/mol. The summed E-state index contributed by atoms with van der Waals surface area (Å²) in [6, 6.07) is 12.1. The Bertz CT molecular complexity index is 968. The van der Waals surface area contributed by atoms with Gasteiger partial charge in [0.1, 0.15) is 5.75 Å². The number of para-hydroxylation sites is 1. The van der Waals surface area contributed by atoms with Gasteiger partial charge in [-0.1, -0.05) is 43.7 Å². The van der Waals surface area contributed by atoms with E-state index in [-0.39, 0.29) is 11.7 Å². The highest BCUT2D eigenvalue weighted by Gasteiger charge is 2.14. The predicted molar refractivity (Wildman–Crippen MR) is 118 cm³/mol. The molecule has 7 nitrogen and oxygen atoms in total. The van der Waals surface area contributed by atoms with Gasteiger partial charge in [0.25, 0.3) is 0 Å². The van der Waals surface area contributed by atoms with Gasteiger partial charge in [-0.2, -0.15) is 8.42 Å². The van der Waals surface area contributed by atoms with Gasteiger partial charge in [0, 0.05) is 13.0 Å². The quantitative estimate of drug-likeness (QED) is 0.322. The van der Waals surface area contributed by atoms with Crippen molar-refractivity contribution in [2.24, 2.45) is 0 Å². The van der Waals surface area contributed by atoms with Crippen molar-refractivity contribution in [3.63, 3.8) is 0 Å². The molecule has 0 aliphatic heterocycles. The lowest BCUT2D eigenvalue weighted by molar-refractivity contribution is -0.134. The number of benzene rings is 2. The Morgan fingerprint density at radius 2 is 1.87 bits per heavy atom. The highest BCUT2D eigenvalue weighted by atomic mass is 32.2. The van der Waals surface area contributed by atoms with E-state index in [2.05, 4.69) is 5.32 Å². The molecule has 0 saturated carbocycles. The van der Waals surface area contributed by atoms with Crippen molar-refractivity contribution in [1.29, 1.82) is 0 Å².